The van der Waals surface area contributed by atoms with E-state index in [2.05, 4.69) is 5.32 Å². The summed E-state index contributed by atoms with van der Waals surface area (Å²) in [5, 5.41) is 12.3. The Morgan fingerprint density at radius 1 is 1.43 bits per heavy atom. The first-order chi connectivity index (χ1) is 9.84. The van der Waals surface area contributed by atoms with Crippen molar-refractivity contribution in [1.29, 1.82) is 0 Å². The Morgan fingerprint density at radius 3 is 2.76 bits per heavy atom. The molecule has 118 valence electrons. The third-order valence-corrected chi connectivity index (χ3v) is 2.84. The van der Waals surface area contributed by atoms with Crippen LogP contribution in [0, 0.1) is 0 Å². The molecule has 0 heterocycles. The van der Waals surface area contributed by atoms with Gasteiger partial charge >= 0.3 is 6.18 Å². The van der Waals surface area contributed by atoms with Crippen LogP contribution in [0.4, 0.5) is 13.2 Å². The molecule has 1 aromatic rings. The molecule has 0 aromatic heterocycles. The molecule has 0 aliphatic carbocycles. The van der Waals surface area contributed by atoms with Gasteiger partial charge in [-0.1, -0.05) is 12.1 Å². The summed E-state index contributed by atoms with van der Waals surface area (Å²) in [4.78, 5) is 11.4. The summed E-state index contributed by atoms with van der Waals surface area (Å²) in [6, 6.07) is 4.42. The van der Waals surface area contributed by atoms with Crippen molar-refractivity contribution in [1.82, 2.24) is 5.32 Å². The first-order valence-electron chi connectivity index (χ1n) is 6.45. The number of nitrogens with one attached hydrogen (secondary N) is 1. The van der Waals surface area contributed by atoms with Gasteiger partial charge in [0.25, 0.3) is 0 Å². The highest BCUT2D eigenvalue weighted by Crippen LogP contribution is 2.30. The number of rotatable bonds is 7. The molecule has 1 aromatic carbocycles. The minimum Gasteiger partial charge on any atom is -0.387 e. The van der Waals surface area contributed by atoms with Gasteiger partial charge in [-0.05, 0) is 24.1 Å². The maximum Gasteiger partial charge on any atom is 0.416 e. The molecular weight excluding hydrogens is 287 g/mol. The number of hydrogen-bond donors (Lipinski definition) is 2. The molecular formula is C14H18F3NO3. The summed E-state index contributed by atoms with van der Waals surface area (Å²) in [7, 11) is 1.52. The van der Waals surface area contributed by atoms with Crippen molar-refractivity contribution in [3.8, 4) is 0 Å². The smallest absolute Gasteiger partial charge is 0.387 e. The Hall–Kier alpha value is -1.60. The topological polar surface area (TPSA) is 58.6 Å². The lowest BCUT2D eigenvalue weighted by Crippen LogP contribution is -2.28. The maximum absolute atomic E-state index is 12.6. The summed E-state index contributed by atoms with van der Waals surface area (Å²) in [5.41, 5.74) is -0.715. The third-order valence-electron chi connectivity index (χ3n) is 2.84. The van der Waals surface area contributed by atoms with E-state index >= 15 is 0 Å². The predicted molar refractivity (Wildman–Crippen MR) is 70.5 cm³/mol. The number of amides is 1. The number of carbonyl (C=O) groups excluding carboxylic acids is 1. The molecule has 0 aliphatic rings. The number of hydrogen-bond acceptors (Lipinski definition) is 3. The number of halogens is 3. The van der Waals surface area contributed by atoms with E-state index < -0.39 is 17.8 Å². The summed E-state index contributed by atoms with van der Waals surface area (Å²) in [6.07, 6.45) is -4.86. The molecule has 0 spiro atoms. The van der Waals surface area contributed by atoms with Crippen LogP contribution >= 0.6 is 0 Å². The minimum atomic E-state index is -4.46. The molecule has 4 nitrogen and oxygen atoms in total. The number of carbonyl (C=O) groups is 1. The van der Waals surface area contributed by atoms with Gasteiger partial charge in [0.2, 0.25) is 5.91 Å². The maximum atomic E-state index is 12.6. The van der Waals surface area contributed by atoms with Crippen molar-refractivity contribution >= 4 is 5.91 Å². The zero-order valence-corrected chi connectivity index (χ0v) is 11.6. The van der Waals surface area contributed by atoms with Gasteiger partial charge in [-0.15, -0.1) is 0 Å². The normalized spacial score (nSPS) is 13.0. The Bertz CT molecular complexity index is 463. The number of methoxy groups -OCH3 is 1. The van der Waals surface area contributed by atoms with Gasteiger partial charge in [-0.25, -0.2) is 0 Å². The van der Waals surface area contributed by atoms with Gasteiger partial charge in [-0.3, -0.25) is 4.79 Å². The molecule has 1 rings (SSSR count). The number of benzene rings is 1. The van der Waals surface area contributed by atoms with Gasteiger partial charge in [0, 0.05) is 26.7 Å². The molecule has 1 amide bonds. The lowest BCUT2D eigenvalue weighted by atomic mass is 10.1. The van der Waals surface area contributed by atoms with Crippen LogP contribution in [0.2, 0.25) is 0 Å². The minimum absolute atomic E-state index is 0.113. The number of ether oxygens (including phenoxy) is 1. The summed E-state index contributed by atoms with van der Waals surface area (Å²) < 4.78 is 42.5. The molecule has 2 N–H and O–H groups in total. The van der Waals surface area contributed by atoms with Crippen molar-refractivity contribution in [2.75, 3.05) is 20.3 Å². The van der Waals surface area contributed by atoms with Crippen molar-refractivity contribution in [3.05, 3.63) is 35.4 Å². The second-order valence-corrected chi connectivity index (χ2v) is 4.54. The Morgan fingerprint density at radius 2 is 2.14 bits per heavy atom. The predicted octanol–water partition coefficient (Wildman–Crippen LogP) is 2.28. The molecule has 0 saturated heterocycles. The standard InChI is InChI=1S/C14H18F3NO3/c1-21-7-3-6-13(20)18-9-12(19)10-4-2-5-11(8-10)14(15,16)17/h2,4-5,8,12,19H,3,6-7,9H2,1H3,(H,18,20). The van der Waals surface area contributed by atoms with Crippen LogP contribution in [0.1, 0.15) is 30.1 Å². The Kier molecular flexibility index (Phi) is 6.64. The highest BCUT2D eigenvalue weighted by Gasteiger charge is 2.30. The van der Waals surface area contributed by atoms with E-state index in [0.29, 0.717) is 13.0 Å². The molecule has 21 heavy (non-hydrogen) atoms. The second kappa shape index (κ2) is 7.99. The number of aliphatic hydroxyl groups excluding tert-OH is 1. The number of aliphatic hydroxyl groups is 1. The molecule has 0 bridgehead atoms. The lowest BCUT2D eigenvalue weighted by Gasteiger charge is -2.14. The monoisotopic (exact) mass is 305 g/mol. The average molecular weight is 305 g/mol. The van der Waals surface area contributed by atoms with E-state index in [0.717, 1.165) is 12.1 Å². The van der Waals surface area contributed by atoms with Gasteiger partial charge < -0.3 is 15.2 Å². The largest absolute Gasteiger partial charge is 0.416 e. The summed E-state index contributed by atoms with van der Waals surface area (Å²) in [5.74, 6) is -0.280. The fraction of sp³-hybridized carbons (Fsp3) is 0.500. The van der Waals surface area contributed by atoms with Crippen LogP contribution < -0.4 is 5.32 Å². The van der Waals surface area contributed by atoms with Crippen LogP contribution in [0.25, 0.3) is 0 Å². The molecule has 0 fully saturated rings. The summed E-state index contributed by atoms with van der Waals surface area (Å²) in [6.45, 7) is 0.316. The second-order valence-electron chi connectivity index (χ2n) is 4.54. The van der Waals surface area contributed by atoms with Crippen LogP contribution in [-0.4, -0.2) is 31.3 Å². The third kappa shape index (κ3) is 6.14. The van der Waals surface area contributed by atoms with Crippen LogP contribution in [0.3, 0.4) is 0 Å². The van der Waals surface area contributed by atoms with E-state index in [1.807, 2.05) is 0 Å². The Labute approximate surface area is 120 Å². The fourth-order valence-corrected chi connectivity index (χ4v) is 1.72. The highest BCUT2D eigenvalue weighted by atomic mass is 19.4. The van der Waals surface area contributed by atoms with Gasteiger partial charge in [-0.2, -0.15) is 13.2 Å². The van der Waals surface area contributed by atoms with E-state index in [1.165, 1.54) is 19.2 Å². The van der Waals surface area contributed by atoms with E-state index in [1.54, 1.807) is 0 Å². The zero-order valence-electron chi connectivity index (χ0n) is 11.6. The van der Waals surface area contributed by atoms with Crippen molar-refractivity contribution in [2.45, 2.75) is 25.1 Å². The molecule has 0 saturated carbocycles. The molecule has 1 unspecified atom stereocenters. The van der Waals surface area contributed by atoms with E-state index in [9.17, 15) is 23.1 Å². The number of alkyl halides is 3. The average Bonchev–Trinajstić information content (AvgIpc) is 2.44. The SMILES string of the molecule is COCCCC(=O)NCC(O)c1cccc(C(F)(F)F)c1. The first-order valence-corrected chi connectivity index (χ1v) is 6.45. The zero-order chi connectivity index (χ0) is 15.9. The lowest BCUT2D eigenvalue weighted by molar-refractivity contribution is -0.137. The van der Waals surface area contributed by atoms with Gasteiger partial charge in [0.05, 0.1) is 11.7 Å². The van der Waals surface area contributed by atoms with Gasteiger partial charge in [0.1, 0.15) is 0 Å². The van der Waals surface area contributed by atoms with Crippen molar-refractivity contribution < 1.29 is 27.8 Å². The first kappa shape index (κ1) is 17.5. The molecule has 1 atom stereocenters. The Balaban J connectivity index is 2.52. The summed E-state index contributed by atoms with van der Waals surface area (Å²) >= 11 is 0. The molecule has 0 aliphatic heterocycles. The highest BCUT2D eigenvalue weighted by molar-refractivity contribution is 5.75. The van der Waals surface area contributed by atoms with Gasteiger partial charge in [0.15, 0.2) is 0 Å². The van der Waals surface area contributed by atoms with Crippen LogP contribution in [-0.2, 0) is 15.7 Å². The molecule has 7 heteroatoms. The van der Waals surface area contributed by atoms with Crippen molar-refractivity contribution in [2.24, 2.45) is 0 Å². The molecule has 0 radical (unpaired) electrons. The fourth-order valence-electron chi connectivity index (χ4n) is 1.72. The van der Waals surface area contributed by atoms with Crippen molar-refractivity contribution in [3.63, 3.8) is 0 Å². The van der Waals surface area contributed by atoms with Crippen LogP contribution in [0.5, 0.6) is 0 Å². The quantitative estimate of drug-likeness (QED) is 0.760. The van der Waals surface area contributed by atoms with E-state index in [4.69, 9.17) is 4.74 Å². The van der Waals surface area contributed by atoms with Crippen LogP contribution in [0.15, 0.2) is 24.3 Å². The van der Waals surface area contributed by atoms with E-state index in [-0.39, 0.29) is 24.4 Å².